The van der Waals surface area contributed by atoms with Gasteiger partial charge in [0.25, 0.3) is 0 Å². The normalized spacial score (nSPS) is 12.0. The maximum Gasteiger partial charge on any atom is 0.395 e. The van der Waals surface area contributed by atoms with E-state index in [0.29, 0.717) is 11.6 Å². The van der Waals surface area contributed by atoms with Crippen LogP contribution in [0.4, 0.5) is 13.2 Å². The highest BCUT2D eigenvalue weighted by atomic mass is 32.1. The topological polar surface area (TPSA) is 37.8 Å². The Morgan fingerprint density at radius 3 is 2.46 bits per heavy atom. The van der Waals surface area contributed by atoms with Crippen LogP contribution in [-0.2, 0) is 13.0 Å². The smallest absolute Gasteiger partial charge is 0.313 e. The second-order valence-corrected chi connectivity index (χ2v) is 3.56. The van der Waals surface area contributed by atoms with Crippen molar-refractivity contribution in [1.82, 2.24) is 15.5 Å². The summed E-state index contributed by atoms with van der Waals surface area (Å²) in [6, 6.07) is 0. The zero-order valence-electron chi connectivity index (χ0n) is 6.85. The Hall–Kier alpha value is -0.690. The Bertz CT molecular complexity index is 270. The van der Waals surface area contributed by atoms with Gasteiger partial charge in [-0.2, -0.15) is 13.2 Å². The third-order valence-corrected chi connectivity index (χ3v) is 2.11. The number of hydrogen-bond donors (Lipinski definition) is 1. The lowest BCUT2D eigenvalue weighted by atomic mass is 10.4. The molecule has 0 aliphatic carbocycles. The Morgan fingerprint density at radius 2 is 1.92 bits per heavy atom. The predicted octanol–water partition coefficient (Wildman–Crippen LogP) is 1.36. The molecule has 1 aromatic rings. The van der Waals surface area contributed by atoms with Crippen LogP contribution in [0.5, 0.6) is 0 Å². The minimum Gasteiger partial charge on any atom is -0.313 e. The van der Waals surface area contributed by atoms with Crippen LogP contribution in [0.2, 0.25) is 0 Å². The van der Waals surface area contributed by atoms with E-state index in [9.17, 15) is 13.2 Å². The Labute approximate surface area is 77.0 Å². The fourth-order valence-electron chi connectivity index (χ4n) is 0.754. The molecule has 0 radical (unpaired) electrons. The van der Waals surface area contributed by atoms with Crippen molar-refractivity contribution in [1.29, 1.82) is 0 Å². The minimum absolute atomic E-state index is 0.0118. The average Bonchev–Trinajstić information content (AvgIpc) is 2.33. The molecule has 0 amide bonds. The van der Waals surface area contributed by atoms with Gasteiger partial charge >= 0.3 is 6.18 Å². The van der Waals surface area contributed by atoms with Crippen LogP contribution in [0.25, 0.3) is 0 Å². The number of aromatic nitrogens is 2. The van der Waals surface area contributed by atoms with Crippen LogP contribution in [0.1, 0.15) is 10.0 Å². The van der Waals surface area contributed by atoms with Gasteiger partial charge in [0.2, 0.25) is 0 Å². The van der Waals surface area contributed by atoms with E-state index in [1.165, 1.54) is 0 Å². The second-order valence-electron chi connectivity index (χ2n) is 2.41. The molecule has 0 saturated heterocycles. The summed E-state index contributed by atoms with van der Waals surface area (Å²) in [6.07, 6.45) is -5.19. The molecule has 7 heteroatoms. The molecule has 1 N–H and O–H groups in total. The lowest BCUT2D eigenvalue weighted by Gasteiger charge is -2.00. The fraction of sp³-hybridized carbons (Fsp3) is 0.667. The highest BCUT2D eigenvalue weighted by molar-refractivity contribution is 7.11. The van der Waals surface area contributed by atoms with Gasteiger partial charge in [0, 0.05) is 6.54 Å². The number of nitrogens with one attached hydrogen (secondary N) is 1. The molecule has 0 aliphatic rings. The zero-order valence-corrected chi connectivity index (χ0v) is 7.67. The summed E-state index contributed by atoms with van der Waals surface area (Å²) in [6.45, 7) is 0.454. The summed E-state index contributed by atoms with van der Waals surface area (Å²) in [5.74, 6) is 0. The van der Waals surface area contributed by atoms with Gasteiger partial charge < -0.3 is 5.32 Å². The molecule has 0 aromatic carbocycles. The van der Waals surface area contributed by atoms with Gasteiger partial charge in [-0.1, -0.05) is 11.3 Å². The summed E-state index contributed by atoms with van der Waals surface area (Å²) in [4.78, 5) is 0. The maximum atomic E-state index is 11.9. The molecular weight excluding hydrogens is 203 g/mol. The van der Waals surface area contributed by atoms with Crippen LogP contribution in [0.3, 0.4) is 0 Å². The highest BCUT2D eigenvalue weighted by Gasteiger charge is 2.29. The molecule has 1 aromatic heterocycles. The summed E-state index contributed by atoms with van der Waals surface area (Å²) in [5.41, 5.74) is 0. The molecule has 74 valence electrons. The molecule has 0 atom stereocenters. The molecule has 0 fully saturated rings. The third kappa shape index (κ3) is 3.69. The van der Waals surface area contributed by atoms with Crippen molar-refractivity contribution in [2.75, 3.05) is 7.05 Å². The van der Waals surface area contributed by atoms with Crippen molar-refractivity contribution < 1.29 is 13.2 Å². The van der Waals surface area contributed by atoms with E-state index in [1.807, 2.05) is 0 Å². The highest BCUT2D eigenvalue weighted by Crippen LogP contribution is 2.22. The number of rotatable bonds is 3. The lowest BCUT2D eigenvalue weighted by molar-refractivity contribution is -0.127. The maximum absolute atomic E-state index is 11.9. The quantitative estimate of drug-likeness (QED) is 0.820. The fourth-order valence-corrected chi connectivity index (χ4v) is 1.64. The van der Waals surface area contributed by atoms with Crippen LogP contribution in [0.15, 0.2) is 0 Å². The van der Waals surface area contributed by atoms with Crippen LogP contribution in [-0.4, -0.2) is 23.4 Å². The van der Waals surface area contributed by atoms with E-state index < -0.39 is 12.6 Å². The molecule has 1 rings (SSSR count). The second kappa shape index (κ2) is 4.01. The monoisotopic (exact) mass is 211 g/mol. The largest absolute Gasteiger partial charge is 0.395 e. The first-order valence-corrected chi connectivity index (χ1v) is 4.35. The van der Waals surface area contributed by atoms with Crippen molar-refractivity contribution in [3.63, 3.8) is 0 Å². The van der Waals surface area contributed by atoms with Crippen molar-refractivity contribution in [2.24, 2.45) is 0 Å². The number of hydrogen-bond acceptors (Lipinski definition) is 4. The summed E-state index contributed by atoms with van der Waals surface area (Å²) in [5, 5.41) is 10.4. The van der Waals surface area contributed by atoms with E-state index in [4.69, 9.17) is 0 Å². The molecule has 1 heterocycles. The van der Waals surface area contributed by atoms with Crippen LogP contribution < -0.4 is 5.32 Å². The van der Waals surface area contributed by atoms with Crippen molar-refractivity contribution in [3.8, 4) is 0 Å². The number of nitrogens with zero attached hydrogens (tertiary/aromatic N) is 2. The molecule has 0 saturated carbocycles. The van der Waals surface area contributed by atoms with E-state index in [0.717, 1.165) is 11.3 Å². The lowest BCUT2D eigenvalue weighted by Crippen LogP contribution is -2.11. The predicted molar refractivity (Wildman–Crippen MR) is 42.4 cm³/mol. The van der Waals surface area contributed by atoms with E-state index >= 15 is 0 Å². The molecule has 3 nitrogen and oxygen atoms in total. The van der Waals surface area contributed by atoms with Gasteiger partial charge in [-0.05, 0) is 7.05 Å². The first-order chi connectivity index (χ1) is 6.01. The first-order valence-electron chi connectivity index (χ1n) is 3.54. The molecular formula is C6H8F3N3S. The third-order valence-electron chi connectivity index (χ3n) is 1.19. The molecule has 13 heavy (non-hydrogen) atoms. The Morgan fingerprint density at radius 1 is 1.31 bits per heavy atom. The first kappa shape index (κ1) is 10.4. The molecule has 0 aliphatic heterocycles. The van der Waals surface area contributed by atoms with Crippen molar-refractivity contribution in [2.45, 2.75) is 19.1 Å². The Kier molecular flexibility index (Phi) is 3.21. The van der Waals surface area contributed by atoms with Gasteiger partial charge in [-0.15, -0.1) is 10.2 Å². The number of halogens is 3. The number of alkyl halides is 3. The summed E-state index contributed by atoms with van der Waals surface area (Å²) in [7, 11) is 1.70. The van der Waals surface area contributed by atoms with E-state index in [-0.39, 0.29) is 5.01 Å². The van der Waals surface area contributed by atoms with Gasteiger partial charge in [-0.3, -0.25) is 0 Å². The van der Waals surface area contributed by atoms with Crippen molar-refractivity contribution >= 4 is 11.3 Å². The van der Waals surface area contributed by atoms with Crippen molar-refractivity contribution in [3.05, 3.63) is 10.0 Å². The van der Waals surface area contributed by atoms with Crippen LogP contribution >= 0.6 is 11.3 Å². The molecule has 0 bridgehead atoms. The van der Waals surface area contributed by atoms with Crippen LogP contribution in [0, 0.1) is 0 Å². The Balaban J connectivity index is 2.59. The van der Waals surface area contributed by atoms with E-state index in [2.05, 4.69) is 15.5 Å². The minimum atomic E-state index is -4.20. The zero-order chi connectivity index (χ0) is 9.90. The molecule has 0 spiro atoms. The summed E-state index contributed by atoms with van der Waals surface area (Å²) < 4.78 is 35.6. The standard InChI is InChI=1S/C6H8F3N3S/c1-10-3-5-12-11-4(13-5)2-6(7,8)9/h10H,2-3H2,1H3. The van der Waals surface area contributed by atoms with Gasteiger partial charge in [0.1, 0.15) is 10.0 Å². The van der Waals surface area contributed by atoms with Gasteiger partial charge in [0.15, 0.2) is 0 Å². The van der Waals surface area contributed by atoms with Gasteiger partial charge in [0.05, 0.1) is 6.42 Å². The van der Waals surface area contributed by atoms with E-state index in [1.54, 1.807) is 7.05 Å². The molecule has 0 unspecified atom stereocenters. The SMILES string of the molecule is CNCc1nnc(CC(F)(F)F)s1. The average molecular weight is 211 g/mol. The van der Waals surface area contributed by atoms with Gasteiger partial charge in [-0.25, -0.2) is 0 Å². The summed E-state index contributed by atoms with van der Waals surface area (Å²) >= 11 is 0.980.